The summed E-state index contributed by atoms with van der Waals surface area (Å²) < 4.78 is 5.46. The Hall–Kier alpha value is -1.66. The van der Waals surface area contributed by atoms with Crippen molar-refractivity contribution in [1.82, 2.24) is 4.98 Å². The summed E-state index contributed by atoms with van der Waals surface area (Å²) in [7, 11) is 0. The van der Waals surface area contributed by atoms with Crippen LogP contribution in [0.15, 0.2) is 17.5 Å². The number of nitro benzene ring substituents is 1. The fourth-order valence-electron chi connectivity index (χ4n) is 1.57. The summed E-state index contributed by atoms with van der Waals surface area (Å²) in [5, 5.41) is 13.2. The summed E-state index contributed by atoms with van der Waals surface area (Å²) in [5.74, 6) is 0.205. The van der Waals surface area contributed by atoms with Crippen LogP contribution in [-0.2, 0) is 0 Å². The van der Waals surface area contributed by atoms with Gasteiger partial charge < -0.3 is 4.74 Å². The van der Waals surface area contributed by atoms with E-state index in [1.165, 1.54) is 17.4 Å². The maximum absolute atomic E-state index is 11.0. The second-order valence-corrected chi connectivity index (χ2v) is 4.93. The molecule has 1 heterocycles. The molecule has 0 amide bonds. The highest BCUT2D eigenvalue weighted by molar-refractivity contribution is 7.11. The largest absolute Gasteiger partial charge is 0.423 e. The number of ether oxygens (including phenoxy) is 1. The first kappa shape index (κ1) is 12.8. The molecule has 0 aliphatic heterocycles. The fourth-order valence-corrected chi connectivity index (χ4v) is 2.37. The Morgan fingerprint density at radius 2 is 2.17 bits per heavy atom. The van der Waals surface area contributed by atoms with E-state index in [0.717, 1.165) is 5.56 Å². The quantitative estimate of drug-likeness (QED) is 0.628. The molecule has 0 aliphatic carbocycles. The zero-order valence-corrected chi connectivity index (χ0v) is 11.2. The van der Waals surface area contributed by atoms with Crippen molar-refractivity contribution >= 4 is 28.6 Å². The highest BCUT2D eigenvalue weighted by Gasteiger charge is 2.20. The highest BCUT2D eigenvalue weighted by atomic mass is 35.5. The molecule has 0 atom stereocenters. The van der Waals surface area contributed by atoms with Gasteiger partial charge in [-0.2, -0.15) is 4.98 Å². The van der Waals surface area contributed by atoms with Gasteiger partial charge in [0.05, 0.1) is 4.92 Å². The van der Waals surface area contributed by atoms with Crippen molar-refractivity contribution in [3.05, 3.63) is 43.9 Å². The van der Waals surface area contributed by atoms with E-state index < -0.39 is 4.92 Å². The molecule has 0 saturated heterocycles. The first-order valence-corrected chi connectivity index (χ1v) is 6.27. The SMILES string of the molecule is Cc1cc(C)c(Oc2nc(Cl)cs2)c([N+](=O)[O-])c1. The van der Waals surface area contributed by atoms with Crippen molar-refractivity contribution in [1.29, 1.82) is 0 Å². The number of halogens is 1. The van der Waals surface area contributed by atoms with Gasteiger partial charge in [-0.15, -0.1) is 0 Å². The third-order valence-corrected chi connectivity index (χ3v) is 3.28. The molecule has 0 spiro atoms. The summed E-state index contributed by atoms with van der Waals surface area (Å²) >= 11 is 6.87. The second kappa shape index (κ2) is 4.91. The molecule has 7 heteroatoms. The third-order valence-electron chi connectivity index (χ3n) is 2.24. The van der Waals surface area contributed by atoms with Gasteiger partial charge in [-0.1, -0.05) is 29.0 Å². The number of benzene rings is 1. The Kier molecular flexibility index (Phi) is 3.49. The van der Waals surface area contributed by atoms with Crippen molar-refractivity contribution < 1.29 is 9.66 Å². The first-order chi connectivity index (χ1) is 8.47. The number of aryl methyl sites for hydroxylation is 2. The summed E-state index contributed by atoms with van der Waals surface area (Å²) in [6.45, 7) is 3.55. The lowest BCUT2D eigenvalue weighted by Crippen LogP contribution is -1.96. The van der Waals surface area contributed by atoms with E-state index in [-0.39, 0.29) is 16.6 Å². The molecule has 1 aromatic carbocycles. The van der Waals surface area contributed by atoms with Gasteiger partial charge in [0.15, 0.2) is 0 Å². The van der Waals surface area contributed by atoms with Gasteiger partial charge >= 0.3 is 5.69 Å². The Balaban J connectivity index is 2.46. The Morgan fingerprint density at radius 3 is 2.72 bits per heavy atom. The average Bonchev–Trinajstić information content (AvgIpc) is 2.67. The predicted molar refractivity (Wildman–Crippen MR) is 69.8 cm³/mol. The standard InChI is InChI=1S/C11H9ClN2O3S/c1-6-3-7(2)10(8(4-6)14(15)16)17-11-13-9(12)5-18-11/h3-5H,1-2H3. The van der Waals surface area contributed by atoms with E-state index in [0.29, 0.717) is 10.7 Å². The molecule has 5 nitrogen and oxygen atoms in total. The van der Waals surface area contributed by atoms with Gasteiger partial charge in [-0.05, 0) is 25.0 Å². The van der Waals surface area contributed by atoms with Crippen molar-refractivity contribution in [2.24, 2.45) is 0 Å². The maximum Gasteiger partial charge on any atom is 0.312 e. The van der Waals surface area contributed by atoms with Crippen LogP contribution >= 0.6 is 22.9 Å². The number of rotatable bonds is 3. The summed E-state index contributed by atoms with van der Waals surface area (Å²) in [6.07, 6.45) is 0. The van der Waals surface area contributed by atoms with E-state index in [1.54, 1.807) is 19.2 Å². The molecule has 0 aliphatic rings. The topological polar surface area (TPSA) is 65.3 Å². The highest BCUT2D eigenvalue weighted by Crippen LogP contribution is 2.37. The number of nitro groups is 1. The number of nitrogens with zero attached hydrogens (tertiary/aromatic N) is 2. The Labute approximate surface area is 112 Å². The number of thiazole rings is 1. The van der Waals surface area contributed by atoms with Gasteiger partial charge in [-0.25, -0.2) is 0 Å². The van der Waals surface area contributed by atoms with Crippen molar-refractivity contribution in [3.63, 3.8) is 0 Å². The smallest absolute Gasteiger partial charge is 0.312 e. The molecule has 0 fully saturated rings. The van der Waals surface area contributed by atoms with E-state index in [9.17, 15) is 10.1 Å². The average molecular weight is 285 g/mol. The number of aromatic nitrogens is 1. The lowest BCUT2D eigenvalue weighted by atomic mass is 10.1. The van der Waals surface area contributed by atoms with E-state index in [4.69, 9.17) is 16.3 Å². The van der Waals surface area contributed by atoms with Crippen LogP contribution in [0, 0.1) is 24.0 Å². The van der Waals surface area contributed by atoms with Crippen LogP contribution < -0.4 is 4.74 Å². The minimum atomic E-state index is -0.468. The van der Waals surface area contributed by atoms with Crippen LogP contribution in [0.1, 0.15) is 11.1 Å². The molecular formula is C11H9ClN2O3S. The van der Waals surface area contributed by atoms with Gasteiger partial charge in [-0.3, -0.25) is 10.1 Å². The minimum Gasteiger partial charge on any atom is -0.423 e. The second-order valence-electron chi connectivity index (χ2n) is 3.73. The van der Waals surface area contributed by atoms with Crippen LogP contribution in [0.3, 0.4) is 0 Å². The number of hydrogen-bond donors (Lipinski definition) is 0. The molecule has 0 saturated carbocycles. The lowest BCUT2D eigenvalue weighted by Gasteiger charge is -2.07. The molecule has 0 unspecified atom stereocenters. The van der Waals surface area contributed by atoms with E-state index in [2.05, 4.69) is 4.98 Å². The predicted octanol–water partition coefficient (Wildman–Crippen LogP) is 4.11. The van der Waals surface area contributed by atoms with Crippen LogP contribution in [0.25, 0.3) is 0 Å². The normalized spacial score (nSPS) is 10.4. The molecule has 0 N–H and O–H groups in total. The van der Waals surface area contributed by atoms with Gasteiger partial charge in [0.25, 0.3) is 5.19 Å². The van der Waals surface area contributed by atoms with Gasteiger partial charge in [0.1, 0.15) is 5.15 Å². The van der Waals surface area contributed by atoms with Crippen LogP contribution in [0.2, 0.25) is 5.15 Å². The van der Waals surface area contributed by atoms with Crippen LogP contribution in [-0.4, -0.2) is 9.91 Å². The maximum atomic E-state index is 11.0. The summed E-state index contributed by atoms with van der Waals surface area (Å²) in [5.41, 5.74) is 1.43. The molecular weight excluding hydrogens is 276 g/mol. The molecule has 18 heavy (non-hydrogen) atoms. The third kappa shape index (κ3) is 2.60. The minimum absolute atomic E-state index is 0.0705. The zero-order valence-electron chi connectivity index (χ0n) is 9.64. The summed E-state index contributed by atoms with van der Waals surface area (Å²) in [4.78, 5) is 14.4. The van der Waals surface area contributed by atoms with Gasteiger partial charge in [0.2, 0.25) is 5.75 Å². The van der Waals surface area contributed by atoms with Crippen LogP contribution in [0.4, 0.5) is 5.69 Å². The lowest BCUT2D eigenvalue weighted by molar-refractivity contribution is -0.385. The number of hydrogen-bond acceptors (Lipinski definition) is 5. The van der Waals surface area contributed by atoms with Crippen molar-refractivity contribution in [2.45, 2.75) is 13.8 Å². The molecule has 0 radical (unpaired) electrons. The molecule has 0 bridgehead atoms. The van der Waals surface area contributed by atoms with Crippen molar-refractivity contribution in [2.75, 3.05) is 0 Å². The van der Waals surface area contributed by atoms with E-state index >= 15 is 0 Å². The molecule has 94 valence electrons. The monoisotopic (exact) mass is 284 g/mol. The van der Waals surface area contributed by atoms with Gasteiger partial charge in [0, 0.05) is 11.4 Å². The molecule has 2 rings (SSSR count). The zero-order chi connectivity index (χ0) is 13.3. The Morgan fingerprint density at radius 1 is 1.44 bits per heavy atom. The first-order valence-electron chi connectivity index (χ1n) is 5.02. The fraction of sp³-hybridized carbons (Fsp3) is 0.182. The Bertz CT molecular complexity index is 612. The summed E-state index contributed by atoms with van der Waals surface area (Å²) in [6, 6.07) is 3.29. The molecule has 1 aromatic heterocycles. The molecule has 2 aromatic rings. The van der Waals surface area contributed by atoms with Crippen molar-refractivity contribution in [3.8, 4) is 10.9 Å². The van der Waals surface area contributed by atoms with Crippen LogP contribution in [0.5, 0.6) is 10.9 Å². The van der Waals surface area contributed by atoms with E-state index in [1.807, 2.05) is 6.07 Å².